The number of fused-ring (bicyclic) bond motifs is 1. The molecule has 3 heteroatoms. The van der Waals surface area contributed by atoms with Gasteiger partial charge in [-0.3, -0.25) is 0 Å². The highest BCUT2D eigenvalue weighted by Crippen LogP contribution is 2.31. The number of rotatable bonds is 6. The summed E-state index contributed by atoms with van der Waals surface area (Å²) in [6.07, 6.45) is 5.51. The molecule has 1 N–H and O–H groups in total. The van der Waals surface area contributed by atoms with E-state index in [0.29, 0.717) is 0 Å². The van der Waals surface area contributed by atoms with Crippen molar-refractivity contribution in [1.82, 2.24) is 5.32 Å². The average Bonchev–Trinajstić information content (AvgIpc) is 3.00. The summed E-state index contributed by atoms with van der Waals surface area (Å²) in [6, 6.07) is 12.5. The molecule has 1 atom stereocenters. The Hall–Kier alpha value is -1.58. The van der Waals surface area contributed by atoms with E-state index in [2.05, 4.69) is 29.6 Å². The summed E-state index contributed by atoms with van der Waals surface area (Å²) in [4.78, 5) is 0. The lowest BCUT2D eigenvalue weighted by molar-refractivity contribution is 0.0424. The molecule has 1 aliphatic carbocycles. The third-order valence-electron chi connectivity index (χ3n) is 3.79. The van der Waals surface area contributed by atoms with Crippen LogP contribution < -0.4 is 5.32 Å². The molecule has 1 aromatic heterocycles. The van der Waals surface area contributed by atoms with Crippen molar-refractivity contribution < 1.29 is 9.15 Å². The fraction of sp³-hybridized carbons (Fsp3) is 0.412. The second-order valence-electron chi connectivity index (χ2n) is 5.21. The third kappa shape index (κ3) is 3.30. The van der Waals surface area contributed by atoms with Crippen molar-refractivity contribution in [1.29, 1.82) is 0 Å². The van der Waals surface area contributed by atoms with Crippen LogP contribution in [0.1, 0.15) is 35.8 Å². The maximum atomic E-state index is 6.04. The molecular weight excluding hydrogens is 250 g/mol. The second-order valence-corrected chi connectivity index (χ2v) is 5.21. The largest absolute Gasteiger partial charge is 0.468 e. The van der Waals surface area contributed by atoms with Crippen LogP contribution in [0, 0.1) is 0 Å². The van der Waals surface area contributed by atoms with Gasteiger partial charge in [-0.15, -0.1) is 0 Å². The molecular formula is C17H21NO2. The van der Waals surface area contributed by atoms with Gasteiger partial charge in [0.05, 0.1) is 25.5 Å². The summed E-state index contributed by atoms with van der Waals surface area (Å²) in [5.41, 5.74) is 2.83. The van der Waals surface area contributed by atoms with Gasteiger partial charge in [-0.1, -0.05) is 24.3 Å². The molecule has 0 saturated carbocycles. The average molecular weight is 271 g/mol. The van der Waals surface area contributed by atoms with Gasteiger partial charge in [0, 0.05) is 6.54 Å². The van der Waals surface area contributed by atoms with Crippen molar-refractivity contribution >= 4 is 0 Å². The first-order valence-electron chi connectivity index (χ1n) is 7.36. The molecule has 3 nitrogen and oxygen atoms in total. The van der Waals surface area contributed by atoms with Gasteiger partial charge in [-0.25, -0.2) is 0 Å². The number of aryl methyl sites for hydroxylation is 1. The molecule has 0 fully saturated rings. The number of hydrogen-bond donors (Lipinski definition) is 1. The van der Waals surface area contributed by atoms with Crippen LogP contribution in [-0.2, 0) is 17.7 Å². The summed E-state index contributed by atoms with van der Waals surface area (Å²) >= 11 is 0. The van der Waals surface area contributed by atoms with Crippen LogP contribution in [0.3, 0.4) is 0 Å². The monoisotopic (exact) mass is 271 g/mol. The number of nitrogens with one attached hydrogen (secondary N) is 1. The van der Waals surface area contributed by atoms with Crippen molar-refractivity contribution in [3.8, 4) is 0 Å². The summed E-state index contributed by atoms with van der Waals surface area (Å²) in [5.74, 6) is 0.966. The Morgan fingerprint density at radius 3 is 3.05 bits per heavy atom. The van der Waals surface area contributed by atoms with Gasteiger partial charge < -0.3 is 14.5 Å². The minimum absolute atomic E-state index is 0.269. The van der Waals surface area contributed by atoms with E-state index in [0.717, 1.165) is 31.9 Å². The van der Waals surface area contributed by atoms with E-state index >= 15 is 0 Å². The molecule has 106 valence electrons. The normalized spacial score (nSPS) is 17.9. The van der Waals surface area contributed by atoms with Gasteiger partial charge in [-0.2, -0.15) is 0 Å². The number of ether oxygens (including phenoxy) is 1. The highest BCUT2D eigenvalue weighted by Gasteiger charge is 2.19. The van der Waals surface area contributed by atoms with Crippen LogP contribution in [0.25, 0.3) is 0 Å². The van der Waals surface area contributed by atoms with Gasteiger partial charge in [0.25, 0.3) is 0 Å². The summed E-state index contributed by atoms with van der Waals surface area (Å²) < 4.78 is 11.3. The molecule has 1 aromatic carbocycles. The van der Waals surface area contributed by atoms with E-state index in [4.69, 9.17) is 9.15 Å². The van der Waals surface area contributed by atoms with Crippen molar-refractivity contribution in [3.05, 3.63) is 59.5 Å². The molecule has 0 aliphatic heterocycles. The molecule has 1 unspecified atom stereocenters. The van der Waals surface area contributed by atoms with Gasteiger partial charge in [0.15, 0.2) is 0 Å². The predicted octanol–water partition coefficient (Wildman–Crippen LogP) is 3.46. The Morgan fingerprint density at radius 2 is 2.15 bits per heavy atom. The molecule has 0 spiro atoms. The zero-order valence-electron chi connectivity index (χ0n) is 11.7. The first kappa shape index (κ1) is 13.4. The van der Waals surface area contributed by atoms with E-state index in [1.54, 1.807) is 6.26 Å². The number of furan rings is 1. The van der Waals surface area contributed by atoms with Crippen LogP contribution in [0.5, 0.6) is 0 Å². The summed E-state index contributed by atoms with van der Waals surface area (Å²) in [5, 5.41) is 3.33. The van der Waals surface area contributed by atoms with E-state index in [1.165, 1.54) is 24.0 Å². The Kier molecular flexibility index (Phi) is 4.51. The number of benzene rings is 1. The summed E-state index contributed by atoms with van der Waals surface area (Å²) in [6.45, 7) is 2.34. The Labute approximate surface area is 119 Å². The first-order chi connectivity index (χ1) is 9.93. The van der Waals surface area contributed by atoms with Gasteiger partial charge >= 0.3 is 0 Å². The standard InChI is InChI=1S/C17H21NO2/c1-2-8-16-14(5-1)6-3-9-17(16)20-12-10-18-13-15-7-4-11-19-15/h1-2,4-5,7-8,11,17-18H,3,6,9-10,12-13H2. The van der Waals surface area contributed by atoms with Crippen molar-refractivity contribution in [2.75, 3.05) is 13.2 Å². The van der Waals surface area contributed by atoms with Crippen molar-refractivity contribution in [2.45, 2.75) is 31.9 Å². The molecule has 1 aliphatic rings. The fourth-order valence-electron chi connectivity index (χ4n) is 2.78. The molecule has 2 aromatic rings. The maximum absolute atomic E-state index is 6.04. The Bertz CT molecular complexity index is 522. The highest BCUT2D eigenvalue weighted by molar-refractivity contribution is 5.31. The summed E-state index contributed by atoms with van der Waals surface area (Å²) in [7, 11) is 0. The van der Waals surface area contributed by atoms with E-state index < -0.39 is 0 Å². The number of hydrogen-bond acceptors (Lipinski definition) is 3. The lowest BCUT2D eigenvalue weighted by atomic mass is 9.89. The molecule has 0 radical (unpaired) electrons. The Morgan fingerprint density at radius 1 is 1.20 bits per heavy atom. The Balaban J connectivity index is 1.43. The molecule has 0 saturated heterocycles. The highest BCUT2D eigenvalue weighted by atomic mass is 16.5. The van der Waals surface area contributed by atoms with Crippen molar-refractivity contribution in [3.63, 3.8) is 0 Å². The topological polar surface area (TPSA) is 34.4 Å². The molecule has 1 heterocycles. The van der Waals surface area contributed by atoms with Crippen LogP contribution in [-0.4, -0.2) is 13.2 Å². The lowest BCUT2D eigenvalue weighted by Gasteiger charge is -2.25. The molecule has 0 amide bonds. The molecule has 20 heavy (non-hydrogen) atoms. The van der Waals surface area contributed by atoms with Crippen LogP contribution in [0.4, 0.5) is 0 Å². The second kappa shape index (κ2) is 6.73. The van der Waals surface area contributed by atoms with Crippen LogP contribution >= 0.6 is 0 Å². The van der Waals surface area contributed by atoms with E-state index in [-0.39, 0.29) is 6.10 Å². The smallest absolute Gasteiger partial charge is 0.117 e. The minimum Gasteiger partial charge on any atom is -0.468 e. The quantitative estimate of drug-likeness (QED) is 0.817. The first-order valence-corrected chi connectivity index (χ1v) is 7.36. The van der Waals surface area contributed by atoms with E-state index in [9.17, 15) is 0 Å². The van der Waals surface area contributed by atoms with Gasteiger partial charge in [-0.05, 0) is 42.5 Å². The zero-order valence-corrected chi connectivity index (χ0v) is 11.7. The minimum atomic E-state index is 0.269. The molecule has 0 bridgehead atoms. The molecule has 3 rings (SSSR count). The van der Waals surface area contributed by atoms with E-state index in [1.807, 2.05) is 12.1 Å². The predicted molar refractivity (Wildman–Crippen MR) is 78.5 cm³/mol. The van der Waals surface area contributed by atoms with Gasteiger partial charge in [0.1, 0.15) is 5.76 Å². The lowest BCUT2D eigenvalue weighted by Crippen LogP contribution is -2.21. The third-order valence-corrected chi connectivity index (χ3v) is 3.79. The van der Waals surface area contributed by atoms with Crippen LogP contribution in [0.15, 0.2) is 47.1 Å². The SMILES string of the molecule is c1coc(CNCCOC2CCCc3ccccc32)c1. The maximum Gasteiger partial charge on any atom is 0.117 e. The van der Waals surface area contributed by atoms with Crippen LogP contribution in [0.2, 0.25) is 0 Å². The zero-order chi connectivity index (χ0) is 13.6. The fourth-order valence-corrected chi connectivity index (χ4v) is 2.78. The van der Waals surface area contributed by atoms with Crippen molar-refractivity contribution in [2.24, 2.45) is 0 Å². The van der Waals surface area contributed by atoms with Gasteiger partial charge in [0.2, 0.25) is 0 Å².